The van der Waals surface area contributed by atoms with Crippen molar-refractivity contribution in [3.05, 3.63) is 108 Å². The van der Waals surface area contributed by atoms with Gasteiger partial charge in [0.05, 0.1) is 24.3 Å². The number of rotatable bonds is 9. The lowest BCUT2D eigenvalue weighted by Crippen LogP contribution is -2.48. The molecule has 0 spiro atoms. The molecule has 0 aliphatic carbocycles. The molecule has 1 saturated heterocycles. The molecule has 1 aliphatic heterocycles. The normalized spacial score (nSPS) is 13.7. The number of carbonyl (C=O) groups is 2. The van der Waals surface area contributed by atoms with Crippen molar-refractivity contribution in [2.24, 2.45) is 0 Å². The fraction of sp³-hybridized carbons (Fsp3) is 0.312. The molecule has 4 aromatic rings. The number of furan rings is 1. The number of nitrogens with zero attached hydrogens (tertiary/aromatic N) is 4. The van der Waals surface area contributed by atoms with E-state index in [-0.39, 0.29) is 23.9 Å². The standard InChI is InChI=1S/C32H33F4N5O3/c1-2-14-41(31(43)37-28-11-4-3-10-27(28)33)21-25-9-6-15-40(25)22-26-12-13-29(44-26)30(42)39-18-16-38(17-19-39)24-8-5-7-23(20-24)32(34,35)36/h3-13,15,20H,2,14,16-19,21-22H2,1H3,(H,37,43). The lowest BCUT2D eigenvalue weighted by molar-refractivity contribution is -0.137. The topological polar surface area (TPSA) is 74.0 Å². The van der Waals surface area contributed by atoms with E-state index >= 15 is 0 Å². The van der Waals surface area contributed by atoms with Crippen LogP contribution in [-0.4, -0.2) is 59.0 Å². The van der Waals surface area contributed by atoms with Crippen molar-refractivity contribution in [3.63, 3.8) is 0 Å². The second-order valence-electron chi connectivity index (χ2n) is 10.6. The average molecular weight is 612 g/mol. The number of piperazine rings is 1. The van der Waals surface area contributed by atoms with E-state index < -0.39 is 23.6 Å². The summed E-state index contributed by atoms with van der Waals surface area (Å²) in [7, 11) is 0. The zero-order valence-corrected chi connectivity index (χ0v) is 24.2. The number of hydrogen-bond acceptors (Lipinski definition) is 4. The van der Waals surface area contributed by atoms with Crippen molar-refractivity contribution in [3.8, 4) is 0 Å². The molecule has 0 unspecified atom stereocenters. The summed E-state index contributed by atoms with van der Waals surface area (Å²) in [6.07, 6.45) is -1.85. The van der Waals surface area contributed by atoms with Crippen molar-refractivity contribution in [1.82, 2.24) is 14.4 Å². The van der Waals surface area contributed by atoms with Crippen molar-refractivity contribution in [2.75, 3.05) is 42.9 Å². The minimum Gasteiger partial charge on any atom is -0.454 e. The van der Waals surface area contributed by atoms with Crippen LogP contribution in [0.2, 0.25) is 0 Å². The summed E-state index contributed by atoms with van der Waals surface area (Å²) in [5, 5.41) is 2.64. The van der Waals surface area contributed by atoms with Crippen LogP contribution in [0.25, 0.3) is 0 Å². The highest BCUT2D eigenvalue weighted by molar-refractivity contribution is 5.91. The first-order chi connectivity index (χ1) is 21.1. The molecule has 3 amide bonds. The van der Waals surface area contributed by atoms with Crippen LogP contribution in [-0.2, 0) is 19.3 Å². The van der Waals surface area contributed by atoms with Gasteiger partial charge in [-0.3, -0.25) is 4.79 Å². The molecule has 232 valence electrons. The van der Waals surface area contributed by atoms with Crippen molar-refractivity contribution < 1.29 is 31.6 Å². The Morgan fingerprint density at radius 2 is 1.73 bits per heavy atom. The number of nitrogens with one attached hydrogen (secondary N) is 1. The molecule has 12 heteroatoms. The number of amides is 3. The number of aromatic nitrogens is 1. The van der Waals surface area contributed by atoms with Gasteiger partial charge in [0, 0.05) is 50.3 Å². The van der Waals surface area contributed by atoms with E-state index in [1.165, 1.54) is 18.2 Å². The average Bonchev–Trinajstić information content (AvgIpc) is 3.67. The van der Waals surface area contributed by atoms with Crippen LogP contribution in [0.5, 0.6) is 0 Å². The van der Waals surface area contributed by atoms with E-state index in [9.17, 15) is 27.2 Å². The number of hydrogen-bond donors (Lipinski definition) is 1. The van der Waals surface area contributed by atoms with E-state index in [1.807, 2.05) is 34.7 Å². The Morgan fingerprint density at radius 1 is 0.955 bits per heavy atom. The third kappa shape index (κ3) is 7.24. The quantitative estimate of drug-likeness (QED) is 0.214. The highest BCUT2D eigenvalue weighted by Gasteiger charge is 2.31. The molecule has 2 aromatic heterocycles. The molecule has 5 rings (SSSR count). The molecule has 8 nitrogen and oxygen atoms in total. The Balaban J connectivity index is 1.18. The van der Waals surface area contributed by atoms with Crippen molar-refractivity contribution >= 4 is 23.3 Å². The molecule has 0 radical (unpaired) electrons. The van der Waals surface area contributed by atoms with Crippen molar-refractivity contribution in [2.45, 2.75) is 32.6 Å². The third-order valence-electron chi connectivity index (χ3n) is 7.48. The molecular formula is C32H33F4N5O3. The second kappa shape index (κ2) is 13.3. The summed E-state index contributed by atoms with van der Waals surface area (Å²) >= 11 is 0. The van der Waals surface area contributed by atoms with Gasteiger partial charge in [0.2, 0.25) is 0 Å². The number of anilines is 2. The van der Waals surface area contributed by atoms with Crippen LogP contribution in [0.4, 0.5) is 33.7 Å². The second-order valence-corrected chi connectivity index (χ2v) is 10.6. The van der Waals surface area contributed by atoms with Gasteiger partial charge in [0.15, 0.2) is 5.76 Å². The van der Waals surface area contributed by atoms with E-state index in [0.29, 0.717) is 57.1 Å². The number of alkyl halides is 3. The largest absolute Gasteiger partial charge is 0.454 e. The molecular weight excluding hydrogens is 578 g/mol. The molecule has 0 bridgehead atoms. The summed E-state index contributed by atoms with van der Waals surface area (Å²) in [5.74, 6) is -0.0719. The molecule has 3 heterocycles. The summed E-state index contributed by atoms with van der Waals surface area (Å²) in [6.45, 7) is 4.50. The highest BCUT2D eigenvalue weighted by atomic mass is 19.4. The molecule has 0 saturated carbocycles. The van der Waals surface area contributed by atoms with Crippen LogP contribution in [0.1, 0.15) is 40.9 Å². The maximum absolute atomic E-state index is 14.1. The zero-order chi connectivity index (χ0) is 31.3. The summed E-state index contributed by atoms with van der Waals surface area (Å²) < 4.78 is 61.3. The van der Waals surface area contributed by atoms with Crippen LogP contribution in [0.3, 0.4) is 0 Å². The molecule has 44 heavy (non-hydrogen) atoms. The van der Waals surface area contributed by atoms with Gasteiger partial charge >= 0.3 is 12.2 Å². The van der Waals surface area contributed by atoms with Gasteiger partial charge in [0.1, 0.15) is 11.6 Å². The first-order valence-corrected chi connectivity index (χ1v) is 14.4. The Kier molecular flexibility index (Phi) is 9.26. The van der Waals surface area contributed by atoms with E-state index in [2.05, 4.69) is 5.32 Å². The zero-order valence-electron chi connectivity index (χ0n) is 24.2. The smallest absolute Gasteiger partial charge is 0.416 e. The molecule has 1 fully saturated rings. The Morgan fingerprint density at radius 3 is 2.45 bits per heavy atom. The number of carbonyl (C=O) groups excluding carboxylic acids is 2. The van der Waals surface area contributed by atoms with E-state index in [4.69, 9.17) is 4.42 Å². The Labute approximate surface area is 252 Å². The minimum atomic E-state index is -4.42. The predicted molar refractivity (Wildman–Crippen MR) is 158 cm³/mol. The number of halogens is 4. The fourth-order valence-corrected chi connectivity index (χ4v) is 5.17. The van der Waals surface area contributed by atoms with Gasteiger partial charge in [-0.05, 0) is 61.0 Å². The van der Waals surface area contributed by atoms with Crippen LogP contribution in [0, 0.1) is 5.82 Å². The van der Waals surface area contributed by atoms with Crippen LogP contribution in [0.15, 0.2) is 83.4 Å². The monoisotopic (exact) mass is 611 g/mol. The van der Waals surface area contributed by atoms with Gasteiger partial charge in [-0.2, -0.15) is 13.2 Å². The highest BCUT2D eigenvalue weighted by Crippen LogP contribution is 2.32. The number of para-hydroxylation sites is 1. The summed E-state index contributed by atoms with van der Waals surface area (Å²) in [5.41, 5.74) is 0.708. The SMILES string of the molecule is CCCN(Cc1cccn1Cc1ccc(C(=O)N2CCN(c3cccc(C(F)(F)F)c3)CC2)o1)C(=O)Nc1ccccc1F. The molecule has 1 aliphatic rings. The predicted octanol–water partition coefficient (Wildman–Crippen LogP) is 6.69. The Hall–Kier alpha value is -4.74. The lowest BCUT2D eigenvalue weighted by Gasteiger charge is -2.36. The third-order valence-corrected chi connectivity index (χ3v) is 7.48. The lowest BCUT2D eigenvalue weighted by atomic mass is 10.1. The first kappa shape index (κ1) is 30.7. The van der Waals surface area contributed by atoms with E-state index in [0.717, 1.165) is 17.8 Å². The number of benzene rings is 2. The van der Waals surface area contributed by atoms with Gasteiger partial charge in [-0.25, -0.2) is 9.18 Å². The van der Waals surface area contributed by atoms with Crippen LogP contribution < -0.4 is 10.2 Å². The fourth-order valence-electron chi connectivity index (χ4n) is 5.17. The molecule has 2 aromatic carbocycles. The summed E-state index contributed by atoms with van der Waals surface area (Å²) in [6, 6.07) is 17.9. The summed E-state index contributed by atoms with van der Waals surface area (Å²) in [4.78, 5) is 31.2. The minimum absolute atomic E-state index is 0.110. The van der Waals surface area contributed by atoms with Gasteiger partial charge in [-0.1, -0.05) is 25.1 Å². The maximum Gasteiger partial charge on any atom is 0.416 e. The molecule has 0 atom stereocenters. The van der Waals surface area contributed by atoms with Crippen LogP contribution >= 0.6 is 0 Å². The van der Waals surface area contributed by atoms with Crippen molar-refractivity contribution in [1.29, 1.82) is 0 Å². The van der Waals surface area contributed by atoms with Gasteiger partial charge < -0.3 is 29.0 Å². The Bertz CT molecular complexity index is 1590. The maximum atomic E-state index is 14.1. The van der Waals surface area contributed by atoms with Gasteiger partial charge in [0.25, 0.3) is 5.91 Å². The van der Waals surface area contributed by atoms with Gasteiger partial charge in [-0.15, -0.1) is 0 Å². The van der Waals surface area contributed by atoms with E-state index in [1.54, 1.807) is 40.1 Å². The first-order valence-electron chi connectivity index (χ1n) is 14.4. The number of urea groups is 1. The molecule has 1 N–H and O–H groups in total.